The van der Waals surface area contributed by atoms with E-state index in [1.165, 1.54) is 19.2 Å². The molecule has 0 saturated carbocycles. The lowest BCUT2D eigenvalue weighted by molar-refractivity contribution is -0.129. The normalized spacial score (nSPS) is 17.8. The Morgan fingerprint density at radius 2 is 2.00 bits per heavy atom. The van der Waals surface area contributed by atoms with Crippen LogP contribution in [0.4, 0.5) is 8.78 Å². The first-order chi connectivity index (χ1) is 10.6. The van der Waals surface area contributed by atoms with Crippen molar-refractivity contribution < 1.29 is 13.6 Å². The van der Waals surface area contributed by atoms with Crippen LogP contribution in [0.3, 0.4) is 0 Å². The highest BCUT2D eigenvalue weighted by Gasteiger charge is 2.31. The molecule has 6 heteroatoms. The van der Waals surface area contributed by atoms with Crippen LogP contribution in [0.25, 0.3) is 11.3 Å². The maximum absolute atomic E-state index is 13.5. The van der Waals surface area contributed by atoms with E-state index in [0.717, 1.165) is 25.0 Å². The highest BCUT2D eigenvalue weighted by atomic mass is 19.2. The molecule has 1 aliphatic rings. The van der Waals surface area contributed by atoms with Gasteiger partial charge in [-0.15, -0.1) is 0 Å². The first kappa shape index (κ1) is 14.6. The molecule has 1 aliphatic heterocycles. The van der Waals surface area contributed by atoms with Gasteiger partial charge in [-0.25, -0.2) is 8.78 Å². The Kier molecular flexibility index (Phi) is 3.83. The molecule has 1 amide bonds. The Bertz CT molecular complexity index is 720. The Balaban J connectivity index is 2.06. The van der Waals surface area contributed by atoms with Crippen LogP contribution < -0.4 is 0 Å². The largest absolute Gasteiger partial charge is 0.334 e. The molecular weight excluding hydrogens is 288 g/mol. The molecule has 2 aromatic rings. The van der Waals surface area contributed by atoms with Crippen molar-refractivity contribution in [2.45, 2.75) is 25.8 Å². The van der Waals surface area contributed by atoms with Crippen molar-refractivity contribution in [1.82, 2.24) is 14.9 Å². The zero-order chi connectivity index (χ0) is 15.7. The highest BCUT2D eigenvalue weighted by molar-refractivity contribution is 5.74. The number of carbonyl (C=O) groups is 1. The van der Waals surface area contributed by atoms with Gasteiger partial charge in [-0.05, 0) is 31.0 Å². The highest BCUT2D eigenvalue weighted by Crippen LogP contribution is 2.35. The first-order valence-corrected chi connectivity index (χ1v) is 7.11. The Labute approximate surface area is 126 Å². The standard InChI is InChI=1S/C16H15F2N3O/c1-10(22)21-8-2-3-14(21)16-15(19-6-7-20-16)11-4-5-12(17)13(18)9-11/h4-7,9,14H,2-3,8H2,1H3/t14-/m0/s1. The Morgan fingerprint density at radius 1 is 1.23 bits per heavy atom. The Hall–Kier alpha value is -2.37. The molecule has 114 valence electrons. The van der Waals surface area contributed by atoms with Crippen LogP contribution >= 0.6 is 0 Å². The smallest absolute Gasteiger partial charge is 0.220 e. The zero-order valence-electron chi connectivity index (χ0n) is 12.1. The summed E-state index contributed by atoms with van der Waals surface area (Å²) in [6.45, 7) is 2.19. The van der Waals surface area contributed by atoms with Crippen LogP contribution in [-0.2, 0) is 4.79 Å². The Morgan fingerprint density at radius 3 is 2.73 bits per heavy atom. The van der Waals surface area contributed by atoms with Crippen LogP contribution in [0, 0.1) is 11.6 Å². The van der Waals surface area contributed by atoms with E-state index in [1.807, 2.05) is 0 Å². The third kappa shape index (κ3) is 2.56. The predicted molar refractivity (Wildman–Crippen MR) is 76.7 cm³/mol. The quantitative estimate of drug-likeness (QED) is 0.856. The molecule has 0 spiro atoms. The molecule has 0 unspecified atom stereocenters. The summed E-state index contributed by atoms with van der Waals surface area (Å²) in [5.41, 5.74) is 1.57. The van der Waals surface area contributed by atoms with E-state index in [0.29, 0.717) is 23.5 Å². The van der Waals surface area contributed by atoms with Crippen LogP contribution in [0.2, 0.25) is 0 Å². The van der Waals surface area contributed by atoms with E-state index in [1.54, 1.807) is 11.1 Å². The predicted octanol–water partition coefficient (Wildman–Crippen LogP) is 3.11. The molecule has 4 nitrogen and oxygen atoms in total. The van der Waals surface area contributed by atoms with Crippen molar-refractivity contribution in [3.63, 3.8) is 0 Å². The van der Waals surface area contributed by atoms with Gasteiger partial charge in [0, 0.05) is 31.4 Å². The van der Waals surface area contributed by atoms with Gasteiger partial charge >= 0.3 is 0 Å². The van der Waals surface area contributed by atoms with E-state index in [9.17, 15) is 13.6 Å². The first-order valence-electron chi connectivity index (χ1n) is 7.11. The van der Waals surface area contributed by atoms with Crippen LogP contribution in [0.5, 0.6) is 0 Å². The summed E-state index contributed by atoms with van der Waals surface area (Å²) < 4.78 is 26.6. The molecule has 1 fully saturated rings. The number of amides is 1. The fourth-order valence-corrected chi connectivity index (χ4v) is 2.89. The van der Waals surface area contributed by atoms with Crippen molar-refractivity contribution in [1.29, 1.82) is 0 Å². The summed E-state index contributed by atoms with van der Waals surface area (Å²) in [6.07, 6.45) is 4.73. The summed E-state index contributed by atoms with van der Waals surface area (Å²) in [5.74, 6) is -1.85. The minimum atomic E-state index is -0.927. The fraction of sp³-hybridized carbons (Fsp3) is 0.312. The molecule has 3 rings (SSSR count). The number of halogens is 2. The second kappa shape index (κ2) is 5.79. The van der Waals surface area contributed by atoms with Gasteiger partial charge in [-0.2, -0.15) is 0 Å². The van der Waals surface area contributed by atoms with E-state index in [4.69, 9.17) is 0 Å². The topological polar surface area (TPSA) is 46.1 Å². The number of aromatic nitrogens is 2. The average molecular weight is 303 g/mol. The van der Waals surface area contributed by atoms with E-state index in [2.05, 4.69) is 9.97 Å². The van der Waals surface area contributed by atoms with E-state index >= 15 is 0 Å². The van der Waals surface area contributed by atoms with Gasteiger partial charge in [-0.1, -0.05) is 0 Å². The van der Waals surface area contributed by atoms with Gasteiger partial charge in [0.15, 0.2) is 11.6 Å². The minimum absolute atomic E-state index is 0.0237. The molecule has 1 aromatic carbocycles. The van der Waals surface area contributed by atoms with Crippen LogP contribution in [-0.4, -0.2) is 27.3 Å². The minimum Gasteiger partial charge on any atom is -0.334 e. The number of hydrogen-bond donors (Lipinski definition) is 0. The summed E-state index contributed by atoms with van der Waals surface area (Å²) >= 11 is 0. The van der Waals surface area contributed by atoms with Crippen molar-refractivity contribution in [2.75, 3.05) is 6.54 Å². The molecule has 0 radical (unpaired) electrons. The van der Waals surface area contributed by atoms with E-state index in [-0.39, 0.29) is 11.9 Å². The monoisotopic (exact) mass is 303 g/mol. The molecule has 1 atom stereocenters. The molecule has 0 N–H and O–H groups in total. The van der Waals surface area contributed by atoms with Crippen LogP contribution in [0.1, 0.15) is 31.5 Å². The van der Waals surface area contributed by atoms with Crippen molar-refractivity contribution in [3.05, 3.63) is 47.9 Å². The van der Waals surface area contributed by atoms with Gasteiger partial charge in [0.2, 0.25) is 5.91 Å². The lowest BCUT2D eigenvalue weighted by Crippen LogP contribution is -2.29. The second-order valence-corrected chi connectivity index (χ2v) is 5.29. The molecule has 2 heterocycles. The summed E-state index contributed by atoms with van der Waals surface area (Å²) in [6, 6.07) is 3.48. The SMILES string of the molecule is CC(=O)N1CCC[C@H]1c1nccnc1-c1ccc(F)c(F)c1. The zero-order valence-corrected chi connectivity index (χ0v) is 12.1. The van der Waals surface area contributed by atoms with Gasteiger partial charge in [-0.3, -0.25) is 14.8 Å². The summed E-state index contributed by atoms with van der Waals surface area (Å²) in [5, 5.41) is 0. The third-order valence-electron chi connectivity index (χ3n) is 3.89. The number of carbonyl (C=O) groups excluding carboxylic acids is 1. The lowest BCUT2D eigenvalue weighted by Gasteiger charge is -2.24. The number of nitrogens with zero attached hydrogens (tertiary/aromatic N) is 3. The van der Waals surface area contributed by atoms with Crippen LogP contribution in [0.15, 0.2) is 30.6 Å². The average Bonchev–Trinajstić information content (AvgIpc) is 3.00. The third-order valence-corrected chi connectivity index (χ3v) is 3.89. The summed E-state index contributed by atoms with van der Waals surface area (Å²) in [7, 11) is 0. The maximum Gasteiger partial charge on any atom is 0.220 e. The van der Waals surface area contributed by atoms with Gasteiger partial charge < -0.3 is 4.90 Å². The maximum atomic E-state index is 13.5. The number of hydrogen-bond acceptors (Lipinski definition) is 3. The second-order valence-electron chi connectivity index (χ2n) is 5.29. The van der Waals surface area contributed by atoms with Crippen molar-refractivity contribution in [3.8, 4) is 11.3 Å². The molecule has 22 heavy (non-hydrogen) atoms. The number of benzene rings is 1. The molecular formula is C16H15F2N3O. The molecule has 1 aromatic heterocycles. The van der Waals surface area contributed by atoms with E-state index < -0.39 is 11.6 Å². The number of likely N-dealkylation sites (tertiary alicyclic amines) is 1. The van der Waals surface area contributed by atoms with Crippen molar-refractivity contribution >= 4 is 5.91 Å². The number of rotatable bonds is 2. The lowest BCUT2D eigenvalue weighted by atomic mass is 10.0. The summed E-state index contributed by atoms with van der Waals surface area (Å²) in [4.78, 5) is 22.1. The fourth-order valence-electron chi connectivity index (χ4n) is 2.89. The van der Waals surface area contributed by atoms with Gasteiger partial charge in [0.1, 0.15) is 0 Å². The van der Waals surface area contributed by atoms with Gasteiger partial charge in [0.25, 0.3) is 0 Å². The molecule has 1 saturated heterocycles. The molecule has 0 aliphatic carbocycles. The van der Waals surface area contributed by atoms with Crippen molar-refractivity contribution in [2.24, 2.45) is 0 Å². The van der Waals surface area contributed by atoms with Gasteiger partial charge in [0.05, 0.1) is 17.4 Å². The molecule has 0 bridgehead atoms.